The summed E-state index contributed by atoms with van der Waals surface area (Å²) in [5.74, 6) is 0.723. The third kappa shape index (κ3) is 3.73. The first-order valence-electron chi connectivity index (χ1n) is 7.55. The summed E-state index contributed by atoms with van der Waals surface area (Å²) in [5.41, 5.74) is 1.94. The van der Waals surface area contributed by atoms with E-state index in [9.17, 15) is 5.11 Å². The predicted octanol–water partition coefficient (Wildman–Crippen LogP) is 2.05. The van der Waals surface area contributed by atoms with Crippen molar-refractivity contribution in [2.45, 2.75) is 19.6 Å². The van der Waals surface area contributed by atoms with Gasteiger partial charge >= 0.3 is 0 Å². The maximum atomic E-state index is 9.80. The largest absolute Gasteiger partial charge is 0.392 e. The van der Waals surface area contributed by atoms with Crippen LogP contribution in [0.2, 0.25) is 0 Å². The molecule has 0 saturated heterocycles. The van der Waals surface area contributed by atoms with Crippen LogP contribution in [0.5, 0.6) is 0 Å². The van der Waals surface area contributed by atoms with Crippen LogP contribution in [0.15, 0.2) is 60.7 Å². The molecule has 0 radical (unpaired) electrons. The number of rotatable bonds is 6. The van der Waals surface area contributed by atoms with E-state index in [0.29, 0.717) is 13.1 Å². The number of hydrogen-bond acceptors (Lipinski definition) is 5. The van der Waals surface area contributed by atoms with Gasteiger partial charge in [-0.05, 0) is 41.6 Å². The fourth-order valence-corrected chi connectivity index (χ4v) is 2.46. The lowest BCUT2D eigenvalue weighted by atomic mass is 10.2. The molecule has 3 rings (SSSR count). The molecule has 3 aromatic rings. The number of tetrazole rings is 1. The first-order valence-corrected chi connectivity index (χ1v) is 7.55. The lowest BCUT2D eigenvalue weighted by Gasteiger charge is -2.25. The summed E-state index contributed by atoms with van der Waals surface area (Å²) < 4.78 is 1.72. The molecule has 23 heavy (non-hydrogen) atoms. The molecule has 0 bridgehead atoms. The third-order valence-corrected chi connectivity index (χ3v) is 3.47. The van der Waals surface area contributed by atoms with Crippen LogP contribution in [-0.4, -0.2) is 38.0 Å². The highest BCUT2D eigenvalue weighted by atomic mass is 16.3. The third-order valence-electron chi connectivity index (χ3n) is 3.47. The minimum absolute atomic E-state index is 0.448. The molecule has 0 aliphatic heterocycles. The number of aliphatic hydroxyl groups excluding tert-OH is 1. The number of hydrogen-bond donors (Lipinski definition) is 1. The van der Waals surface area contributed by atoms with Gasteiger partial charge in [-0.1, -0.05) is 36.4 Å². The van der Waals surface area contributed by atoms with Gasteiger partial charge in [0.2, 0.25) is 0 Å². The van der Waals surface area contributed by atoms with Crippen molar-refractivity contribution in [3.63, 3.8) is 0 Å². The molecule has 0 aliphatic rings. The molecule has 0 aliphatic carbocycles. The Labute approximate surface area is 135 Å². The van der Waals surface area contributed by atoms with Crippen LogP contribution in [0.4, 0.5) is 5.69 Å². The average Bonchev–Trinajstić information content (AvgIpc) is 3.04. The lowest BCUT2D eigenvalue weighted by molar-refractivity contribution is 0.199. The van der Waals surface area contributed by atoms with E-state index < -0.39 is 6.10 Å². The van der Waals surface area contributed by atoms with Crippen LogP contribution in [0.3, 0.4) is 0 Å². The number of aliphatic hydroxyl groups is 1. The van der Waals surface area contributed by atoms with E-state index in [2.05, 4.69) is 20.4 Å². The fourth-order valence-electron chi connectivity index (χ4n) is 2.46. The molecule has 6 heteroatoms. The van der Waals surface area contributed by atoms with E-state index in [1.165, 1.54) is 0 Å². The first kappa shape index (κ1) is 15.2. The Hall–Kier alpha value is -2.73. The molecular weight excluding hydrogens is 290 g/mol. The summed E-state index contributed by atoms with van der Waals surface area (Å²) in [5, 5.41) is 21.8. The first-order chi connectivity index (χ1) is 11.2. The van der Waals surface area contributed by atoms with Crippen LogP contribution in [-0.2, 0) is 6.54 Å². The van der Waals surface area contributed by atoms with Gasteiger partial charge in [-0.15, -0.1) is 5.10 Å². The van der Waals surface area contributed by atoms with Gasteiger partial charge in [-0.3, -0.25) is 0 Å². The van der Waals surface area contributed by atoms with Gasteiger partial charge in [0.25, 0.3) is 0 Å². The van der Waals surface area contributed by atoms with E-state index in [0.717, 1.165) is 17.2 Å². The summed E-state index contributed by atoms with van der Waals surface area (Å²) in [7, 11) is 0. The highest BCUT2D eigenvalue weighted by molar-refractivity contribution is 5.46. The predicted molar refractivity (Wildman–Crippen MR) is 88.3 cm³/mol. The van der Waals surface area contributed by atoms with Gasteiger partial charge in [-0.2, -0.15) is 4.68 Å². The van der Waals surface area contributed by atoms with Crippen LogP contribution in [0.25, 0.3) is 5.69 Å². The van der Waals surface area contributed by atoms with Crippen LogP contribution < -0.4 is 4.90 Å². The SMILES string of the molecule is CC(O)CN(Cc1nnnn1-c1ccccc1)c1ccccc1. The minimum atomic E-state index is -0.448. The zero-order chi connectivity index (χ0) is 16.1. The summed E-state index contributed by atoms with van der Waals surface area (Å²) in [6.07, 6.45) is -0.448. The standard InChI is InChI=1S/C17H19N5O/c1-14(23)12-21(15-8-4-2-5-9-15)13-17-18-19-20-22(17)16-10-6-3-7-11-16/h2-11,14,23H,12-13H2,1H3. The van der Waals surface area contributed by atoms with Crippen molar-refractivity contribution in [1.82, 2.24) is 20.2 Å². The van der Waals surface area contributed by atoms with Crippen LogP contribution >= 0.6 is 0 Å². The Kier molecular flexibility index (Phi) is 4.63. The Morgan fingerprint density at radius 1 is 1.04 bits per heavy atom. The smallest absolute Gasteiger partial charge is 0.175 e. The van der Waals surface area contributed by atoms with Crippen molar-refractivity contribution in [3.8, 4) is 5.69 Å². The van der Waals surface area contributed by atoms with Crippen molar-refractivity contribution >= 4 is 5.69 Å². The molecule has 1 N–H and O–H groups in total. The Balaban J connectivity index is 1.88. The summed E-state index contributed by atoms with van der Waals surface area (Å²) in [4.78, 5) is 2.07. The summed E-state index contributed by atoms with van der Waals surface area (Å²) in [6.45, 7) is 2.79. The second-order valence-electron chi connectivity index (χ2n) is 5.41. The average molecular weight is 309 g/mol. The minimum Gasteiger partial charge on any atom is -0.392 e. The molecule has 1 unspecified atom stereocenters. The van der Waals surface area contributed by atoms with E-state index in [1.807, 2.05) is 60.7 Å². The highest BCUT2D eigenvalue weighted by Crippen LogP contribution is 2.17. The van der Waals surface area contributed by atoms with Crippen molar-refractivity contribution in [3.05, 3.63) is 66.5 Å². The molecule has 0 saturated carbocycles. The lowest BCUT2D eigenvalue weighted by Crippen LogP contribution is -2.31. The molecule has 6 nitrogen and oxygen atoms in total. The van der Waals surface area contributed by atoms with E-state index >= 15 is 0 Å². The zero-order valence-electron chi connectivity index (χ0n) is 12.9. The number of para-hydroxylation sites is 2. The Morgan fingerprint density at radius 2 is 1.70 bits per heavy atom. The number of nitrogens with zero attached hydrogens (tertiary/aromatic N) is 5. The van der Waals surface area contributed by atoms with Gasteiger partial charge < -0.3 is 10.0 Å². The second-order valence-corrected chi connectivity index (χ2v) is 5.41. The Bertz CT molecular complexity index is 727. The van der Waals surface area contributed by atoms with Crippen molar-refractivity contribution in [2.24, 2.45) is 0 Å². The Morgan fingerprint density at radius 3 is 2.35 bits per heavy atom. The van der Waals surface area contributed by atoms with E-state index in [4.69, 9.17) is 0 Å². The monoisotopic (exact) mass is 309 g/mol. The molecule has 0 spiro atoms. The molecular formula is C17H19N5O. The van der Waals surface area contributed by atoms with E-state index in [1.54, 1.807) is 11.6 Å². The molecule has 1 atom stereocenters. The molecule has 1 heterocycles. The van der Waals surface area contributed by atoms with Gasteiger partial charge in [0.15, 0.2) is 5.82 Å². The van der Waals surface area contributed by atoms with Crippen LogP contribution in [0.1, 0.15) is 12.7 Å². The van der Waals surface area contributed by atoms with Crippen LogP contribution in [0, 0.1) is 0 Å². The summed E-state index contributed by atoms with van der Waals surface area (Å²) >= 11 is 0. The second kappa shape index (κ2) is 7.02. The molecule has 0 fully saturated rings. The molecule has 1 aromatic heterocycles. The van der Waals surface area contributed by atoms with Gasteiger partial charge in [0, 0.05) is 12.2 Å². The summed E-state index contributed by atoms with van der Waals surface area (Å²) in [6, 6.07) is 19.7. The molecule has 118 valence electrons. The van der Waals surface area contributed by atoms with Crippen molar-refractivity contribution in [1.29, 1.82) is 0 Å². The van der Waals surface area contributed by atoms with Crippen molar-refractivity contribution < 1.29 is 5.11 Å². The maximum absolute atomic E-state index is 9.80. The van der Waals surface area contributed by atoms with Gasteiger partial charge in [0.05, 0.1) is 18.3 Å². The fraction of sp³-hybridized carbons (Fsp3) is 0.235. The van der Waals surface area contributed by atoms with E-state index in [-0.39, 0.29) is 0 Å². The van der Waals surface area contributed by atoms with Crippen molar-refractivity contribution in [2.75, 3.05) is 11.4 Å². The molecule has 0 amide bonds. The van der Waals surface area contributed by atoms with Gasteiger partial charge in [-0.25, -0.2) is 0 Å². The zero-order valence-corrected chi connectivity index (χ0v) is 12.9. The quantitative estimate of drug-likeness (QED) is 0.755. The highest BCUT2D eigenvalue weighted by Gasteiger charge is 2.15. The number of benzene rings is 2. The maximum Gasteiger partial charge on any atom is 0.175 e. The molecule has 2 aromatic carbocycles. The van der Waals surface area contributed by atoms with Gasteiger partial charge in [0.1, 0.15) is 0 Å². The normalized spacial score (nSPS) is 12.1. The number of anilines is 1. The number of aromatic nitrogens is 4. The topological polar surface area (TPSA) is 67.1 Å².